The van der Waals surface area contributed by atoms with Crippen molar-refractivity contribution in [3.05, 3.63) is 47.5 Å². The molecule has 3 nitrogen and oxygen atoms in total. The quantitative estimate of drug-likeness (QED) is 0.738. The molecule has 86 valence electrons. The summed E-state index contributed by atoms with van der Waals surface area (Å²) in [5.41, 5.74) is 1.30. The molecule has 0 saturated heterocycles. The largest absolute Gasteiger partial charge is 0.345 e. The van der Waals surface area contributed by atoms with Gasteiger partial charge in [0.15, 0.2) is 0 Å². The zero-order valence-electron chi connectivity index (χ0n) is 9.81. The van der Waals surface area contributed by atoms with Crippen molar-refractivity contribution in [3.63, 3.8) is 0 Å². The van der Waals surface area contributed by atoms with Crippen LogP contribution < -0.4 is 0 Å². The van der Waals surface area contributed by atoms with Gasteiger partial charge < -0.3 is 4.90 Å². The van der Waals surface area contributed by atoms with E-state index in [1.807, 2.05) is 24.3 Å². The highest BCUT2D eigenvalue weighted by Crippen LogP contribution is 2.18. The summed E-state index contributed by atoms with van der Waals surface area (Å²) in [5.74, 6) is -0.0219. The summed E-state index contributed by atoms with van der Waals surface area (Å²) in [6.45, 7) is 0. The molecule has 0 radical (unpaired) electrons. The highest BCUT2D eigenvalue weighted by molar-refractivity contribution is 5.99. The minimum Gasteiger partial charge on any atom is -0.345 e. The molecule has 3 heteroatoms. The number of fused-ring (bicyclic) bond motifs is 1. The molecule has 0 heterocycles. The molecular formula is C14H13NO2. The zero-order chi connectivity index (χ0) is 12.4. The van der Waals surface area contributed by atoms with Crippen LogP contribution in [0.15, 0.2) is 36.4 Å². The van der Waals surface area contributed by atoms with Gasteiger partial charge in [-0.05, 0) is 29.0 Å². The Hall–Kier alpha value is -2.16. The van der Waals surface area contributed by atoms with Crippen molar-refractivity contribution in [2.75, 3.05) is 14.1 Å². The number of amides is 1. The van der Waals surface area contributed by atoms with Crippen LogP contribution in [-0.2, 0) is 0 Å². The molecule has 0 unspecified atom stereocenters. The molecule has 0 N–H and O–H groups in total. The van der Waals surface area contributed by atoms with Crippen molar-refractivity contribution in [1.29, 1.82) is 0 Å². The van der Waals surface area contributed by atoms with Gasteiger partial charge in [0, 0.05) is 25.2 Å². The van der Waals surface area contributed by atoms with Crippen molar-refractivity contribution < 1.29 is 9.59 Å². The fourth-order valence-corrected chi connectivity index (χ4v) is 1.73. The Morgan fingerprint density at radius 1 is 1.06 bits per heavy atom. The highest BCUT2D eigenvalue weighted by atomic mass is 16.2. The van der Waals surface area contributed by atoms with Crippen LogP contribution in [0.3, 0.4) is 0 Å². The number of hydrogen-bond acceptors (Lipinski definition) is 2. The van der Waals surface area contributed by atoms with Crippen LogP contribution in [0.2, 0.25) is 0 Å². The summed E-state index contributed by atoms with van der Waals surface area (Å²) in [5, 5.41) is 1.92. The lowest BCUT2D eigenvalue weighted by molar-refractivity contribution is 0.0827. The average molecular weight is 227 g/mol. The molecular weight excluding hydrogens is 214 g/mol. The van der Waals surface area contributed by atoms with Crippen LogP contribution in [0, 0.1) is 0 Å². The summed E-state index contributed by atoms with van der Waals surface area (Å²) in [6, 6.07) is 10.9. The molecule has 1 amide bonds. The Balaban J connectivity index is 2.52. The molecule has 0 fully saturated rings. The normalized spacial score (nSPS) is 10.2. The molecule has 0 aliphatic rings. The first-order valence-electron chi connectivity index (χ1n) is 5.32. The van der Waals surface area contributed by atoms with E-state index in [1.54, 1.807) is 31.1 Å². The van der Waals surface area contributed by atoms with Gasteiger partial charge in [-0.15, -0.1) is 0 Å². The van der Waals surface area contributed by atoms with E-state index in [4.69, 9.17) is 0 Å². The van der Waals surface area contributed by atoms with Gasteiger partial charge in [0.05, 0.1) is 0 Å². The Kier molecular flexibility index (Phi) is 2.91. The number of aldehydes is 1. The van der Waals surface area contributed by atoms with E-state index in [1.165, 1.54) is 0 Å². The third-order valence-corrected chi connectivity index (χ3v) is 2.65. The fourth-order valence-electron chi connectivity index (χ4n) is 1.73. The molecule has 0 bridgehead atoms. The molecule has 2 aromatic rings. The summed E-state index contributed by atoms with van der Waals surface area (Å²) >= 11 is 0. The van der Waals surface area contributed by atoms with Crippen molar-refractivity contribution in [2.24, 2.45) is 0 Å². The first-order valence-corrected chi connectivity index (χ1v) is 5.32. The van der Waals surface area contributed by atoms with E-state index in [-0.39, 0.29) is 5.91 Å². The SMILES string of the molecule is CN(C)C(=O)c1ccc2cc(C=O)ccc2c1. The van der Waals surface area contributed by atoms with E-state index >= 15 is 0 Å². The van der Waals surface area contributed by atoms with Gasteiger partial charge in [-0.25, -0.2) is 0 Å². The lowest BCUT2D eigenvalue weighted by atomic mass is 10.0. The first kappa shape index (κ1) is 11.3. The summed E-state index contributed by atoms with van der Waals surface area (Å²) in [7, 11) is 3.45. The molecule has 0 spiro atoms. The molecule has 0 aliphatic carbocycles. The van der Waals surface area contributed by atoms with Crippen LogP contribution in [0.4, 0.5) is 0 Å². The van der Waals surface area contributed by atoms with Crippen LogP contribution in [0.1, 0.15) is 20.7 Å². The van der Waals surface area contributed by atoms with Gasteiger partial charge in [-0.3, -0.25) is 9.59 Å². The lowest BCUT2D eigenvalue weighted by Gasteiger charge is -2.10. The molecule has 0 atom stereocenters. The second-order valence-corrected chi connectivity index (χ2v) is 4.14. The van der Waals surface area contributed by atoms with Gasteiger partial charge in [0.2, 0.25) is 0 Å². The maximum Gasteiger partial charge on any atom is 0.253 e. The number of rotatable bonds is 2. The number of nitrogens with zero attached hydrogens (tertiary/aromatic N) is 1. The predicted octanol–water partition coefficient (Wildman–Crippen LogP) is 2.35. The minimum atomic E-state index is -0.0219. The van der Waals surface area contributed by atoms with Crippen molar-refractivity contribution in [2.45, 2.75) is 0 Å². The Bertz CT molecular complexity index is 588. The molecule has 17 heavy (non-hydrogen) atoms. The van der Waals surface area contributed by atoms with E-state index in [0.717, 1.165) is 17.1 Å². The molecule has 2 rings (SSSR count). The van der Waals surface area contributed by atoms with Gasteiger partial charge in [0.1, 0.15) is 6.29 Å². The smallest absolute Gasteiger partial charge is 0.253 e. The molecule has 2 aromatic carbocycles. The zero-order valence-corrected chi connectivity index (χ0v) is 9.81. The van der Waals surface area contributed by atoms with Crippen molar-refractivity contribution in [3.8, 4) is 0 Å². The fraction of sp³-hybridized carbons (Fsp3) is 0.143. The van der Waals surface area contributed by atoms with Crippen molar-refractivity contribution in [1.82, 2.24) is 4.90 Å². The standard InChI is InChI=1S/C14H13NO2/c1-15(2)14(17)13-6-5-11-7-10(9-16)3-4-12(11)8-13/h3-9H,1-2H3. The summed E-state index contributed by atoms with van der Waals surface area (Å²) in [4.78, 5) is 24.0. The number of hydrogen-bond donors (Lipinski definition) is 0. The second-order valence-electron chi connectivity index (χ2n) is 4.14. The minimum absolute atomic E-state index is 0.0219. The second kappa shape index (κ2) is 4.37. The number of carbonyl (C=O) groups is 2. The summed E-state index contributed by atoms with van der Waals surface area (Å²) < 4.78 is 0. The van der Waals surface area contributed by atoms with Crippen LogP contribution in [0.25, 0.3) is 10.8 Å². The van der Waals surface area contributed by atoms with Gasteiger partial charge >= 0.3 is 0 Å². The Morgan fingerprint density at radius 2 is 1.71 bits per heavy atom. The molecule has 0 aliphatic heterocycles. The van der Waals surface area contributed by atoms with E-state index < -0.39 is 0 Å². The van der Waals surface area contributed by atoms with Gasteiger partial charge in [-0.1, -0.05) is 18.2 Å². The van der Waals surface area contributed by atoms with Crippen LogP contribution in [-0.4, -0.2) is 31.2 Å². The van der Waals surface area contributed by atoms with E-state index in [2.05, 4.69) is 0 Å². The number of carbonyl (C=O) groups excluding carboxylic acids is 2. The van der Waals surface area contributed by atoms with Crippen molar-refractivity contribution >= 4 is 23.0 Å². The van der Waals surface area contributed by atoms with Crippen LogP contribution >= 0.6 is 0 Å². The Morgan fingerprint density at radius 3 is 2.35 bits per heavy atom. The first-order chi connectivity index (χ1) is 8.11. The third kappa shape index (κ3) is 2.18. The average Bonchev–Trinajstić information content (AvgIpc) is 2.36. The van der Waals surface area contributed by atoms with Crippen LogP contribution in [0.5, 0.6) is 0 Å². The summed E-state index contributed by atoms with van der Waals surface area (Å²) in [6.07, 6.45) is 0.818. The van der Waals surface area contributed by atoms with E-state index in [9.17, 15) is 9.59 Å². The monoisotopic (exact) mass is 227 g/mol. The Labute approximate surface area is 99.7 Å². The number of benzene rings is 2. The topological polar surface area (TPSA) is 37.4 Å². The maximum absolute atomic E-state index is 11.8. The molecule has 0 saturated carbocycles. The highest BCUT2D eigenvalue weighted by Gasteiger charge is 2.08. The molecule has 0 aromatic heterocycles. The van der Waals surface area contributed by atoms with Gasteiger partial charge in [-0.2, -0.15) is 0 Å². The predicted molar refractivity (Wildman–Crippen MR) is 67.4 cm³/mol. The van der Waals surface area contributed by atoms with E-state index in [0.29, 0.717) is 11.1 Å². The van der Waals surface area contributed by atoms with Gasteiger partial charge in [0.25, 0.3) is 5.91 Å². The maximum atomic E-state index is 11.8. The third-order valence-electron chi connectivity index (χ3n) is 2.65. The lowest BCUT2D eigenvalue weighted by Crippen LogP contribution is -2.21.